The van der Waals surface area contributed by atoms with Crippen LogP contribution in [0, 0.1) is 0 Å². The van der Waals surface area contributed by atoms with E-state index in [0.717, 1.165) is 34.6 Å². The molecule has 0 amide bonds. The maximum atomic E-state index is 5.30. The minimum Gasteiger partial charge on any atom is -0.293 e. The summed E-state index contributed by atoms with van der Waals surface area (Å²) < 4.78 is 2.37. The summed E-state index contributed by atoms with van der Waals surface area (Å²) in [4.78, 5) is 10.4. The summed E-state index contributed by atoms with van der Waals surface area (Å²) in [6.45, 7) is 0. The molecule has 47 heavy (non-hydrogen) atoms. The van der Waals surface area contributed by atoms with Gasteiger partial charge in [0.1, 0.15) is 5.82 Å². The summed E-state index contributed by atoms with van der Waals surface area (Å²) in [5, 5.41) is 1.24. The van der Waals surface area contributed by atoms with Crippen LogP contribution >= 0.6 is 0 Å². The smallest absolute Gasteiger partial charge is 0.162 e. The monoisotopic (exact) mass is 601 g/mol. The Bertz CT molecular complexity index is 2270. The highest BCUT2D eigenvalue weighted by Gasteiger charge is 2.31. The molecule has 0 N–H and O–H groups in total. The van der Waals surface area contributed by atoms with E-state index in [9.17, 15) is 0 Å². The van der Waals surface area contributed by atoms with Crippen molar-refractivity contribution < 1.29 is 0 Å². The Morgan fingerprint density at radius 2 is 1.02 bits per heavy atom. The van der Waals surface area contributed by atoms with Gasteiger partial charge in [-0.2, -0.15) is 0 Å². The van der Waals surface area contributed by atoms with Crippen LogP contribution < -0.4 is 0 Å². The number of nitrogens with zero attached hydrogens (tertiary/aromatic N) is 3. The van der Waals surface area contributed by atoms with Gasteiger partial charge in [-0.05, 0) is 45.9 Å². The molecule has 0 radical (unpaired) electrons. The molecule has 2 heterocycles. The number of para-hydroxylation sites is 1. The van der Waals surface area contributed by atoms with Gasteiger partial charge in [0.25, 0.3) is 0 Å². The molecule has 1 aliphatic carbocycles. The molecule has 0 atom stereocenters. The van der Waals surface area contributed by atoms with Crippen molar-refractivity contribution in [1.82, 2.24) is 14.5 Å². The Kier molecular flexibility index (Phi) is 6.60. The van der Waals surface area contributed by atoms with E-state index in [1.807, 2.05) is 24.3 Å². The van der Waals surface area contributed by atoms with Crippen LogP contribution in [0.25, 0.3) is 61.8 Å². The summed E-state index contributed by atoms with van der Waals surface area (Å²) in [7, 11) is 0. The Morgan fingerprint density at radius 1 is 0.489 bits per heavy atom. The molecule has 3 heteroatoms. The predicted molar refractivity (Wildman–Crippen MR) is 193 cm³/mol. The van der Waals surface area contributed by atoms with E-state index >= 15 is 0 Å². The molecular weight excluding hydrogens is 571 g/mol. The molecule has 8 aromatic rings. The van der Waals surface area contributed by atoms with Gasteiger partial charge < -0.3 is 0 Å². The van der Waals surface area contributed by atoms with Crippen molar-refractivity contribution in [3.8, 4) is 50.8 Å². The molecule has 0 fully saturated rings. The van der Waals surface area contributed by atoms with E-state index in [1.54, 1.807) is 0 Å². The van der Waals surface area contributed by atoms with Gasteiger partial charge in [0.2, 0.25) is 0 Å². The summed E-state index contributed by atoms with van der Waals surface area (Å²) in [5.41, 5.74) is 13.2. The molecule has 0 saturated carbocycles. The first-order valence-corrected chi connectivity index (χ1v) is 16.2. The Balaban J connectivity index is 1.33. The van der Waals surface area contributed by atoms with Crippen molar-refractivity contribution in [1.29, 1.82) is 0 Å². The second-order valence-corrected chi connectivity index (χ2v) is 12.1. The molecule has 1 aliphatic rings. The average molecular weight is 602 g/mol. The summed E-state index contributed by atoms with van der Waals surface area (Å²) >= 11 is 0. The molecule has 3 nitrogen and oxygen atoms in total. The van der Waals surface area contributed by atoms with E-state index in [1.165, 1.54) is 44.5 Å². The fourth-order valence-electron chi connectivity index (χ4n) is 7.36. The van der Waals surface area contributed by atoms with Gasteiger partial charge in [-0.1, -0.05) is 158 Å². The molecule has 0 bridgehead atoms. The third-order valence-corrected chi connectivity index (χ3v) is 9.44. The van der Waals surface area contributed by atoms with Gasteiger partial charge in [-0.25, -0.2) is 9.97 Å². The Hall–Kier alpha value is -6.06. The molecule has 2 aromatic heterocycles. The molecule has 0 unspecified atom stereocenters. The van der Waals surface area contributed by atoms with E-state index < -0.39 is 0 Å². The van der Waals surface area contributed by atoms with E-state index in [2.05, 4.69) is 150 Å². The largest absolute Gasteiger partial charge is 0.293 e. The van der Waals surface area contributed by atoms with Crippen molar-refractivity contribution in [3.63, 3.8) is 0 Å². The quantitative estimate of drug-likeness (QED) is 0.190. The summed E-state index contributed by atoms with van der Waals surface area (Å²) in [6, 6.07) is 60.3. The fraction of sp³-hybridized carbons (Fsp3) is 0.0455. The minimum atomic E-state index is 0.245. The normalized spacial score (nSPS) is 12.3. The molecular formula is C44H31N3. The standard InChI is InChI=1S/C44H31N3/c1-4-16-30(17-5-1)40-29-42(46-44(45-40)32-20-8-3-9-21-32)47-41-27-15-14-26-37(41)39(43(47)31-18-6-2-7-19-31)28-38-35-24-12-10-22-33(35)34-23-11-13-25-36(34)38/h1-27,29,38H,28H2. The first-order valence-electron chi connectivity index (χ1n) is 16.2. The van der Waals surface area contributed by atoms with Gasteiger partial charge in [0, 0.05) is 28.5 Å². The van der Waals surface area contributed by atoms with Gasteiger partial charge in [-0.3, -0.25) is 4.57 Å². The summed E-state index contributed by atoms with van der Waals surface area (Å²) in [6.07, 6.45) is 0.869. The van der Waals surface area contributed by atoms with Gasteiger partial charge in [-0.15, -0.1) is 0 Å². The second-order valence-electron chi connectivity index (χ2n) is 12.1. The van der Waals surface area contributed by atoms with Gasteiger partial charge in [0.15, 0.2) is 5.82 Å². The highest BCUT2D eigenvalue weighted by atomic mass is 15.1. The lowest BCUT2D eigenvalue weighted by atomic mass is 9.88. The third kappa shape index (κ3) is 4.67. The van der Waals surface area contributed by atoms with Crippen molar-refractivity contribution in [2.45, 2.75) is 12.3 Å². The average Bonchev–Trinajstić information content (AvgIpc) is 3.65. The van der Waals surface area contributed by atoms with Crippen LogP contribution in [0.2, 0.25) is 0 Å². The predicted octanol–water partition coefficient (Wildman–Crippen LogP) is 10.8. The Morgan fingerprint density at radius 3 is 1.68 bits per heavy atom. The van der Waals surface area contributed by atoms with Crippen LogP contribution in [0.15, 0.2) is 170 Å². The van der Waals surface area contributed by atoms with Gasteiger partial charge >= 0.3 is 0 Å². The van der Waals surface area contributed by atoms with Crippen molar-refractivity contribution in [2.24, 2.45) is 0 Å². The fourth-order valence-corrected chi connectivity index (χ4v) is 7.36. The highest BCUT2D eigenvalue weighted by molar-refractivity contribution is 5.94. The zero-order chi connectivity index (χ0) is 31.2. The minimum absolute atomic E-state index is 0.245. The number of hydrogen-bond donors (Lipinski definition) is 0. The van der Waals surface area contributed by atoms with Crippen LogP contribution in [-0.4, -0.2) is 14.5 Å². The Labute approximate surface area is 274 Å². The van der Waals surface area contributed by atoms with E-state index in [4.69, 9.17) is 9.97 Å². The lowest BCUT2D eigenvalue weighted by Crippen LogP contribution is -2.06. The van der Waals surface area contributed by atoms with Crippen LogP contribution in [0.5, 0.6) is 0 Å². The molecule has 9 rings (SSSR count). The molecule has 0 aliphatic heterocycles. The number of rotatable bonds is 6. The zero-order valence-corrected chi connectivity index (χ0v) is 25.8. The number of hydrogen-bond acceptors (Lipinski definition) is 2. The molecule has 6 aromatic carbocycles. The van der Waals surface area contributed by atoms with Crippen LogP contribution in [0.3, 0.4) is 0 Å². The van der Waals surface area contributed by atoms with Gasteiger partial charge in [0.05, 0.1) is 16.9 Å². The SMILES string of the molecule is c1ccc(-c2cc(-n3c(-c4ccccc4)c(CC4c5ccccc5-c5ccccc54)c4ccccc43)nc(-c3ccccc3)n2)cc1. The zero-order valence-electron chi connectivity index (χ0n) is 25.8. The van der Waals surface area contributed by atoms with Crippen molar-refractivity contribution in [3.05, 3.63) is 187 Å². The number of fused-ring (bicyclic) bond motifs is 4. The maximum Gasteiger partial charge on any atom is 0.162 e. The van der Waals surface area contributed by atoms with Crippen molar-refractivity contribution in [2.75, 3.05) is 0 Å². The third-order valence-electron chi connectivity index (χ3n) is 9.44. The lowest BCUT2D eigenvalue weighted by molar-refractivity contribution is 0.830. The maximum absolute atomic E-state index is 5.30. The topological polar surface area (TPSA) is 30.7 Å². The molecule has 0 saturated heterocycles. The van der Waals surface area contributed by atoms with Crippen LogP contribution in [-0.2, 0) is 6.42 Å². The number of benzene rings is 6. The summed E-state index contributed by atoms with van der Waals surface area (Å²) in [5.74, 6) is 1.81. The molecule has 222 valence electrons. The highest BCUT2D eigenvalue weighted by Crippen LogP contribution is 2.48. The van der Waals surface area contributed by atoms with Crippen LogP contribution in [0.1, 0.15) is 22.6 Å². The number of aromatic nitrogens is 3. The van der Waals surface area contributed by atoms with Crippen LogP contribution in [0.4, 0.5) is 0 Å². The second kappa shape index (κ2) is 11.4. The molecule has 0 spiro atoms. The van der Waals surface area contributed by atoms with Crippen molar-refractivity contribution >= 4 is 10.9 Å². The van der Waals surface area contributed by atoms with E-state index in [-0.39, 0.29) is 5.92 Å². The first kappa shape index (κ1) is 27.3. The first-order chi connectivity index (χ1) is 23.3. The van der Waals surface area contributed by atoms with E-state index in [0.29, 0.717) is 5.82 Å². The lowest BCUT2D eigenvalue weighted by Gasteiger charge is -2.17.